The van der Waals surface area contributed by atoms with Crippen molar-refractivity contribution in [1.82, 2.24) is 0 Å². The van der Waals surface area contributed by atoms with Crippen LogP contribution in [0.25, 0.3) is 0 Å². The quantitative estimate of drug-likeness (QED) is 0.576. The zero-order valence-electron chi connectivity index (χ0n) is 2.68. The molecule has 0 N–H and O–H groups in total. The summed E-state index contributed by atoms with van der Waals surface area (Å²) in [5, 5.41) is 0. The van der Waals surface area contributed by atoms with Crippen molar-refractivity contribution in [2.24, 2.45) is 0 Å². The number of hydrogen-bond donors (Lipinski definition) is 0. The molecule has 35 valence electrons. The SMILES string of the molecule is [O]=[Cu].[O]=[Ga][In]=[O]. The van der Waals surface area contributed by atoms with E-state index in [4.69, 9.17) is 3.83 Å². The van der Waals surface area contributed by atoms with Crippen molar-refractivity contribution in [2.75, 3.05) is 0 Å². The van der Waals surface area contributed by atoms with Crippen LogP contribution in [0, 0.1) is 0 Å². The molecule has 0 radical (unpaired) electrons. The van der Waals surface area contributed by atoms with E-state index in [1.807, 2.05) is 0 Å². The van der Waals surface area contributed by atoms with Gasteiger partial charge in [0.25, 0.3) is 0 Å². The average molecular weight is 296 g/mol. The fraction of sp³-hybridized carbons (Fsp3) is 0. The van der Waals surface area contributed by atoms with Gasteiger partial charge in [-0.2, -0.15) is 0 Å². The summed E-state index contributed by atoms with van der Waals surface area (Å²) in [6.45, 7) is 0. The second-order valence-electron chi connectivity index (χ2n) is 0.272. The Hall–Kier alpha value is 1.43. The molecule has 0 saturated heterocycles. The molecule has 0 bridgehead atoms. The molecule has 0 heterocycles. The van der Waals surface area contributed by atoms with Gasteiger partial charge in [-0.05, 0) is 0 Å². The summed E-state index contributed by atoms with van der Waals surface area (Å²) in [7, 11) is 0. The molecule has 6 heavy (non-hydrogen) atoms. The first-order chi connectivity index (χ1) is 2.91. The molecule has 0 aliphatic rings. The second kappa shape index (κ2) is 16.1. The third-order valence-electron chi connectivity index (χ3n) is 0.0556. The number of rotatable bonds is 1. The van der Waals surface area contributed by atoms with E-state index in [2.05, 4.69) is 15.9 Å². The van der Waals surface area contributed by atoms with Gasteiger partial charge in [-0.3, -0.25) is 0 Å². The molecule has 0 aromatic rings. The molecular formula is CuGaInO3. The molecule has 0 saturated carbocycles. The standard InChI is InChI=1S/Cu.Ga.In.3O. The molecule has 0 aliphatic heterocycles. The molecule has 0 aromatic heterocycles. The van der Waals surface area contributed by atoms with E-state index in [-0.39, 0.29) is 0 Å². The van der Waals surface area contributed by atoms with Crippen LogP contribution in [0.5, 0.6) is 0 Å². The maximum atomic E-state index is 9.25. The van der Waals surface area contributed by atoms with Crippen LogP contribution in [0.4, 0.5) is 0 Å². The van der Waals surface area contributed by atoms with Gasteiger partial charge in [0, 0.05) is 0 Å². The van der Waals surface area contributed by atoms with E-state index in [0.29, 0.717) is 0 Å². The third-order valence-corrected chi connectivity index (χ3v) is 1.94. The van der Waals surface area contributed by atoms with Gasteiger partial charge in [-0.25, -0.2) is 0 Å². The van der Waals surface area contributed by atoms with E-state index in [1.165, 1.54) is 0 Å². The first-order valence-electron chi connectivity index (χ1n) is 0.928. The van der Waals surface area contributed by atoms with Crippen LogP contribution in [-0.4, -0.2) is 33.2 Å². The van der Waals surface area contributed by atoms with Gasteiger partial charge in [0.15, 0.2) is 0 Å². The molecule has 0 fully saturated rings. The predicted molar refractivity (Wildman–Crippen MR) is 13.6 cm³/mol. The van der Waals surface area contributed by atoms with E-state index in [1.54, 1.807) is 0 Å². The van der Waals surface area contributed by atoms with Gasteiger partial charge in [-0.1, -0.05) is 0 Å². The monoisotopic (exact) mass is 295 g/mol. The van der Waals surface area contributed by atoms with Gasteiger partial charge in [0.05, 0.1) is 0 Å². The van der Waals surface area contributed by atoms with Crippen LogP contribution >= 0.6 is 0 Å². The molecule has 3 nitrogen and oxygen atoms in total. The van der Waals surface area contributed by atoms with E-state index >= 15 is 0 Å². The fourth-order valence-electron chi connectivity index (χ4n) is 0. The van der Waals surface area contributed by atoms with E-state index in [0.717, 1.165) is 0 Å². The summed E-state index contributed by atoms with van der Waals surface area (Å²) < 4.78 is 26.3. The average Bonchev–Trinajstić information content (AvgIpc) is 1.72. The molecule has 0 spiro atoms. The molecule has 0 amide bonds. The minimum atomic E-state index is -1.55. The molecule has 0 aromatic carbocycles. The minimum absolute atomic E-state index is 1.30. The van der Waals surface area contributed by atoms with Crippen LogP contribution < -0.4 is 0 Å². The Morgan fingerprint density at radius 2 is 1.67 bits per heavy atom. The molecular weight excluding hydrogens is 296 g/mol. The summed E-state index contributed by atoms with van der Waals surface area (Å²) in [5.41, 5.74) is 0. The van der Waals surface area contributed by atoms with Crippen molar-refractivity contribution < 1.29 is 26.2 Å². The summed E-state index contributed by atoms with van der Waals surface area (Å²) in [6.07, 6.45) is 0. The predicted octanol–water partition coefficient (Wildman–Crippen LogP) is -1.12. The fourth-order valence-corrected chi connectivity index (χ4v) is 0. The van der Waals surface area contributed by atoms with Crippen LogP contribution in [-0.2, 0) is 26.2 Å². The van der Waals surface area contributed by atoms with Crippen molar-refractivity contribution in [3.63, 3.8) is 0 Å². The van der Waals surface area contributed by atoms with Crippen LogP contribution in [0.15, 0.2) is 0 Å². The molecule has 0 unspecified atom stereocenters. The summed E-state index contributed by atoms with van der Waals surface area (Å²) in [4.78, 5) is 0. The van der Waals surface area contributed by atoms with Crippen molar-refractivity contribution in [3.05, 3.63) is 0 Å². The molecule has 0 atom stereocenters. The molecule has 6 heteroatoms. The zero-order valence-corrected chi connectivity index (χ0v) is 9.34. The third kappa shape index (κ3) is 18.1. The van der Waals surface area contributed by atoms with Gasteiger partial charge < -0.3 is 0 Å². The van der Waals surface area contributed by atoms with E-state index < -0.39 is 33.2 Å². The van der Waals surface area contributed by atoms with Crippen LogP contribution in [0.2, 0.25) is 0 Å². The normalized spacial score (nSPS) is 3.00. The Balaban J connectivity index is 0. The summed E-state index contributed by atoms with van der Waals surface area (Å²) in [6, 6.07) is 0. The first kappa shape index (κ1) is 10.4. The molecule has 0 aliphatic carbocycles. The Labute approximate surface area is 58.8 Å². The van der Waals surface area contributed by atoms with Gasteiger partial charge in [0.2, 0.25) is 0 Å². The van der Waals surface area contributed by atoms with Gasteiger partial charge >= 0.3 is 59.4 Å². The zero-order chi connectivity index (χ0) is 5.41. The second-order valence-corrected chi connectivity index (χ2v) is 9.49. The van der Waals surface area contributed by atoms with Crippen molar-refractivity contribution >= 4 is 33.2 Å². The Bertz CT molecular complexity index is 40.1. The van der Waals surface area contributed by atoms with Crippen molar-refractivity contribution in [1.29, 1.82) is 0 Å². The molecule has 0 rings (SSSR count). The van der Waals surface area contributed by atoms with E-state index in [9.17, 15) is 6.39 Å². The Morgan fingerprint density at radius 1 is 1.50 bits per heavy atom. The van der Waals surface area contributed by atoms with Crippen LogP contribution in [0.3, 0.4) is 0 Å². The van der Waals surface area contributed by atoms with Crippen LogP contribution in [0.1, 0.15) is 0 Å². The summed E-state index contributed by atoms with van der Waals surface area (Å²) in [5.74, 6) is 0. The maximum absolute atomic E-state index is 9.25. The first-order valence-corrected chi connectivity index (χ1v) is 14.9. The number of hydrogen-bond acceptors (Lipinski definition) is 3. The van der Waals surface area contributed by atoms with Gasteiger partial charge in [-0.15, -0.1) is 0 Å². The topological polar surface area (TPSA) is 51.2 Å². The van der Waals surface area contributed by atoms with Crippen molar-refractivity contribution in [2.45, 2.75) is 0 Å². The van der Waals surface area contributed by atoms with Crippen molar-refractivity contribution in [3.8, 4) is 0 Å². The van der Waals surface area contributed by atoms with Gasteiger partial charge in [0.1, 0.15) is 0 Å². The Morgan fingerprint density at radius 3 is 1.67 bits per heavy atom. The summed E-state index contributed by atoms with van der Waals surface area (Å²) >= 11 is 0.0801. The Kier molecular flexibility index (Phi) is 28.0.